The van der Waals surface area contributed by atoms with Crippen LogP contribution in [0.25, 0.3) is 0 Å². The summed E-state index contributed by atoms with van der Waals surface area (Å²) in [6, 6.07) is 6.98. The topological polar surface area (TPSA) is 63.2 Å². The standard InChI is InChI=1S/C13H16ClNO3S/c14-11-5-1-2-6-12(11)15-13(16)8-10-4-3-7-19(17,18)9-10/h1-2,5-6,10H,3-4,7-9H2,(H,15,16). The van der Waals surface area contributed by atoms with E-state index in [0.717, 1.165) is 6.42 Å². The Morgan fingerprint density at radius 1 is 1.37 bits per heavy atom. The summed E-state index contributed by atoms with van der Waals surface area (Å²) in [5.74, 6) is 0.0925. The highest BCUT2D eigenvalue weighted by Crippen LogP contribution is 2.24. The monoisotopic (exact) mass is 301 g/mol. The molecule has 1 amide bonds. The molecule has 6 heteroatoms. The zero-order chi connectivity index (χ0) is 13.9. The van der Waals surface area contributed by atoms with Crippen LogP contribution in [0.3, 0.4) is 0 Å². The maximum Gasteiger partial charge on any atom is 0.224 e. The van der Waals surface area contributed by atoms with Crippen LogP contribution in [0.5, 0.6) is 0 Å². The van der Waals surface area contributed by atoms with Crippen LogP contribution in [0.15, 0.2) is 24.3 Å². The van der Waals surface area contributed by atoms with Crippen molar-refractivity contribution < 1.29 is 13.2 Å². The van der Waals surface area contributed by atoms with Crippen LogP contribution >= 0.6 is 11.6 Å². The van der Waals surface area contributed by atoms with E-state index in [-0.39, 0.29) is 29.8 Å². The summed E-state index contributed by atoms with van der Waals surface area (Å²) < 4.78 is 23.0. The first-order chi connectivity index (χ1) is 8.96. The van der Waals surface area contributed by atoms with Gasteiger partial charge in [-0.05, 0) is 30.9 Å². The molecular formula is C13H16ClNO3S. The third-order valence-corrected chi connectivity index (χ3v) is 5.40. The first-order valence-electron chi connectivity index (χ1n) is 6.21. The number of hydrogen-bond acceptors (Lipinski definition) is 3. The minimum atomic E-state index is -2.96. The molecule has 1 fully saturated rings. The van der Waals surface area contributed by atoms with Crippen molar-refractivity contribution in [3.05, 3.63) is 29.3 Å². The van der Waals surface area contributed by atoms with E-state index in [1.165, 1.54) is 0 Å². The molecule has 0 aliphatic carbocycles. The molecule has 104 valence electrons. The van der Waals surface area contributed by atoms with Crippen molar-refractivity contribution in [2.24, 2.45) is 5.92 Å². The number of sulfone groups is 1. The van der Waals surface area contributed by atoms with Crippen molar-refractivity contribution in [3.63, 3.8) is 0 Å². The van der Waals surface area contributed by atoms with Gasteiger partial charge in [0, 0.05) is 6.42 Å². The van der Waals surface area contributed by atoms with E-state index < -0.39 is 9.84 Å². The van der Waals surface area contributed by atoms with Gasteiger partial charge < -0.3 is 5.32 Å². The van der Waals surface area contributed by atoms with Gasteiger partial charge >= 0.3 is 0 Å². The first kappa shape index (κ1) is 14.3. The highest BCUT2D eigenvalue weighted by Gasteiger charge is 2.26. The van der Waals surface area contributed by atoms with Crippen molar-refractivity contribution in [1.82, 2.24) is 0 Å². The predicted molar refractivity (Wildman–Crippen MR) is 76.1 cm³/mol. The molecule has 1 N–H and O–H groups in total. The third-order valence-electron chi connectivity index (χ3n) is 3.18. The Bertz CT molecular complexity index is 571. The highest BCUT2D eigenvalue weighted by atomic mass is 35.5. The number of benzene rings is 1. The molecule has 1 aliphatic heterocycles. The molecule has 2 rings (SSSR count). The van der Waals surface area contributed by atoms with Crippen molar-refractivity contribution in [2.45, 2.75) is 19.3 Å². The average Bonchev–Trinajstić information content (AvgIpc) is 2.30. The van der Waals surface area contributed by atoms with Crippen LogP contribution in [-0.2, 0) is 14.6 Å². The minimum absolute atomic E-state index is 0.0822. The number of amides is 1. The number of hydrogen-bond donors (Lipinski definition) is 1. The van der Waals surface area contributed by atoms with E-state index in [0.29, 0.717) is 17.1 Å². The smallest absolute Gasteiger partial charge is 0.224 e. The molecule has 1 aromatic rings. The van der Waals surface area contributed by atoms with Gasteiger partial charge in [0.2, 0.25) is 5.91 Å². The van der Waals surface area contributed by atoms with Crippen molar-refractivity contribution in [1.29, 1.82) is 0 Å². The lowest BCUT2D eigenvalue weighted by molar-refractivity contribution is -0.117. The van der Waals surface area contributed by atoms with Gasteiger partial charge in [0.05, 0.1) is 22.2 Å². The number of carbonyl (C=O) groups is 1. The normalized spacial score (nSPS) is 21.8. The molecule has 1 atom stereocenters. The van der Waals surface area contributed by atoms with Crippen LogP contribution in [0.1, 0.15) is 19.3 Å². The molecule has 1 aromatic carbocycles. The van der Waals surface area contributed by atoms with Crippen LogP contribution in [0, 0.1) is 5.92 Å². The molecule has 0 bridgehead atoms. The zero-order valence-electron chi connectivity index (χ0n) is 10.4. The summed E-state index contributed by atoms with van der Waals surface area (Å²) in [6.07, 6.45) is 1.66. The lowest BCUT2D eigenvalue weighted by Crippen LogP contribution is -2.28. The largest absolute Gasteiger partial charge is 0.325 e. The van der Waals surface area contributed by atoms with Crippen molar-refractivity contribution >= 4 is 33.0 Å². The fourth-order valence-corrected chi connectivity index (χ4v) is 4.26. The van der Waals surface area contributed by atoms with E-state index >= 15 is 0 Å². The van der Waals surface area contributed by atoms with Crippen molar-refractivity contribution in [2.75, 3.05) is 16.8 Å². The molecule has 1 aliphatic rings. The summed E-state index contributed by atoms with van der Waals surface area (Å²) in [7, 11) is -2.96. The second-order valence-corrected chi connectivity index (χ2v) is 7.49. The van der Waals surface area contributed by atoms with Gasteiger partial charge in [-0.3, -0.25) is 4.79 Å². The average molecular weight is 302 g/mol. The van der Waals surface area contributed by atoms with Crippen LogP contribution < -0.4 is 5.32 Å². The molecule has 0 aromatic heterocycles. The second kappa shape index (κ2) is 5.92. The third kappa shape index (κ3) is 4.21. The van der Waals surface area contributed by atoms with E-state index in [2.05, 4.69) is 5.32 Å². The number of halogens is 1. The lowest BCUT2D eigenvalue weighted by atomic mass is 10.0. The quantitative estimate of drug-likeness (QED) is 0.933. The summed E-state index contributed by atoms with van der Waals surface area (Å²) in [5.41, 5.74) is 0.563. The van der Waals surface area contributed by atoms with Crippen LogP contribution in [-0.4, -0.2) is 25.8 Å². The molecule has 19 heavy (non-hydrogen) atoms. The van der Waals surface area contributed by atoms with Gasteiger partial charge in [-0.25, -0.2) is 8.42 Å². The number of rotatable bonds is 3. The Hall–Kier alpha value is -1.07. The van der Waals surface area contributed by atoms with Gasteiger partial charge in [-0.2, -0.15) is 0 Å². The molecule has 0 saturated carbocycles. The Labute approximate surface area is 118 Å². The molecule has 0 radical (unpaired) electrons. The Balaban J connectivity index is 1.93. The van der Waals surface area contributed by atoms with Crippen LogP contribution in [0.2, 0.25) is 5.02 Å². The number of nitrogens with one attached hydrogen (secondary N) is 1. The van der Waals surface area contributed by atoms with E-state index in [1.807, 2.05) is 0 Å². The zero-order valence-corrected chi connectivity index (χ0v) is 12.0. The SMILES string of the molecule is O=C(CC1CCCS(=O)(=O)C1)Nc1ccccc1Cl. The lowest BCUT2D eigenvalue weighted by Gasteiger charge is -2.21. The van der Waals surface area contributed by atoms with Gasteiger partial charge in [0.25, 0.3) is 0 Å². The van der Waals surface area contributed by atoms with E-state index in [9.17, 15) is 13.2 Å². The van der Waals surface area contributed by atoms with Gasteiger partial charge in [-0.15, -0.1) is 0 Å². The fraction of sp³-hybridized carbons (Fsp3) is 0.462. The maximum absolute atomic E-state index is 11.9. The Kier molecular flexibility index (Phi) is 4.47. The maximum atomic E-state index is 11.9. The number of carbonyl (C=O) groups excluding carboxylic acids is 1. The van der Waals surface area contributed by atoms with Gasteiger partial charge in [0.15, 0.2) is 9.84 Å². The number of anilines is 1. The van der Waals surface area contributed by atoms with Gasteiger partial charge in [0.1, 0.15) is 0 Å². The molecule has 1 heterocycles. The minimum Gasteiger partial charge on any atom is -0.325 e. The van der Waals surface area contributed by atoms with Crippen LogP contribution in [0.4, 0.5) is 5.69 Å². The summed E-state index contributed by atoms with van der Waals surface area (Å²) in [6.45, 7) is 0. The summed E-state index contributed by atoms with van der Waals surface area (Å²) in [5, 5.41) is 3.20. The van der Waals surface area contributed by atoms with E-state index in [4.69, 9.17) is 11.6 Å². The first-order valence-corrected chi connectivity index (χ1v) is 8.41. The fourth-order valence-electron chi connectivity index (χ4n) is 2.30. The molecule has 1 unspecified atom stereocenters. The molecule has 0 spiro atoms. The predicted octanol–water partition coefficient (Wildman–Crippen LogP) is 2.49. The highest BCUT2D eigenvalue weighted by molar-refractivity contribution is 7.91. The molecule has 4 nitrogen and oxygen atoms in total. The second-order valence-electron chi connectivity index (χ2n) is 4.85. The summed E-state index contributed by atoms with van der Waals surface area (Å²) in [4.78, 5) is 11.9. The van der Waals surface area contributed by atoms with Crippen molar-refractivity contribution in [3.8, 4) is 0 Å². The molecule has 1 saturated heterocycles. The number of para-hydroxylation sites is 1. The summed E-state index contributed by atoms with van der Waals surface area (Å²) >= 11 is 5.95. The Morgan fingerprint density at radius 2 is 2.11 bits per heavy atom. The molecular weight excluding hydrogens is 286 g/mol. The Morgan fingerprint density at radius 3 is 2.79 bits per heavy atom. The van der Waals surface area contributed by atoms with E-state index in [1.54, 1.807) is 24.3 Å². The van der Waals surface area contributed by atoms with Gasteiger partial charge in [-0.1, -0.05) is 23.7 Å².